The fourth-order valence-corrected chi connectivity index (χ4v) is 6.45. The number of nitrogens with zero attached hydrogens (tertiary/aromatic N) is 3. The van der Waals surface area contributed by atoms with E-state index in [1.165, 1.54) is 24.8 Å². The Hall–Kier alpha value is -2.63. The van der Waals surface area contributed by atoms with Gasteiger partial charge < -0.3 is 10.2 Å². The fraction of sp³-hybridized carbons (Fsp3) is 0.484. The smallest absolute Gasteiger partial charge is 0.321 e. The Morgan fingerprint density at radius 3 is 2.32 bits per heavy atom. The van der Waals surface area contributed by atoms with Crippen LogP contribution in [0, 0.1) is 0 Å². The standard InChI is InChI=1S/C31H39ClN4O/c1-30(2)16-5-17-31(3,4)36(30)21-27-11-8-24-20-26(12-13-28(24)33-27)34-29(37)35-18-14-23(15-19-35)22-6-9-25(32)10-7-22/h6-13,20,23H,5,14-19,21H2,1-4H3,(H,34,37). The van der Waals surface area contributed by atoms with Crippen molar-refractivity contribution in [3.05, 3.63) is 70.9 Å². The molecule has 6 heteroatoms. The predicted octanol–water partition coefficient (Wildman–Crippen LogP) is 7.84. The molecule has 1 N–H and O–H groups in total. The molecule has 5 nitrogen and oxygen atoms in total. The normalized spacial score (nSPS) is 20.2. The summed E-state index contributed by atoms with van der Waals surface area (Å²) < 4.78 is 0. The summed E-state index contributed by atoms with van der Waals surface area (Å²) in [4.78, 5) is 22.5. The summed E-state index contributed by atoms with van der Waals surface area (Å²) in [5.41, 5.74) is 4.50. The van der Waals surface area contributed by atoms with Crippen molar-refractivity contribution in [1.29, 1.82) is 0 Å². The van der Waals surface area contributed by atoms with Crippen LogP contribution in [0.3, 0.4) is 0 Å². The maximum absolute atomic E-state index is 13.0. The first-order valence-electron chi connectivity index (χ1n) is 13.6. The first kappa shape index (κ1) is 26.0. The molecule has 3 aromatic rings. The second kappa shape index (κ2) is 10.3. The molecule has 0 unspecified atom stereocenters. The molecule has 0 atom stereocenters. The van der Waals surface area contributed by atoms with Gasteiger partial charge in [-0.2, -0.15) is 0 Å². The molecule has 0 radical (unpaired) electrons. The van der Waals surface area contributed by atoms with Crippen LogP contribution in [0.5, 0.6) is 0 Å². The number of benzene rings is 2. The van der Waals surface area contributed by atoms with Crippen LogP contribution in [0.15, 0.2) is 54.6 Å². The number of piperidine rings is 2. The number of amides is 2. The zero-order valence-corrected chi connectivity index (χ0v) is 23.3. The second-order valence-electron chi connectivity index (χ2n) is 12.0. The van der Waals surface area contributed by atoms with Crippen molar-refractivity contribution in [2.24, 2.45) is 0 Å². The highest BCUT2D eigenvalue weighted by molar-refractivity contribution is 6.30. The van der Waals surface area contributed by atoms with E-state index < -0.39 is 0 Å². The highest BCUT2D eigenvalue weighted by Crippen LogP contribution is 2.39. The molecule has 2 aliphatic heterocycles. The third-order valence-corrected chi connectivity index (χ3v) is 8.73. The van der Waals surface area contributed by atoms with Gasteiger partial charge in [-0.25, -0.2) is 4.79 Å². The van der Waals surface area contributed by atoms with Crippen LogP contribution in [0.1, 0.15) is 77.0 Å². The number of carbonyl (C=O) groups excluding carboxylic acids is 1. The first-order chi connectivity index (χ1) is 17.6. The number of likely N-dealkylation sites (tertiary alicyclic amines) is 2. The van der Waals surface area contributed by atoms with Crippen molar-refractivity contribution in [3.63, 3.8) is 0 Å². The van der Waals surface area contributed by atoms with Gasteiger partial charge in [0.05, 0.1) is 11.2 Å². The lowest BCUT2D eigenvalue weighted by Gasteiger charge is -2.52. The minimum atomic E-state index is -0.0342. The lowest BCUT2D eigenvalue weighted by molar-refractivity contribution is -0.0348. The molecule has 37 heavy (non-hydrogen) atoms. The van der Waals surface area contributed by atoms with Crippen LogP contribution in [0.4, 0.5) is 10.5 Å². The van der Waals surface area contributed by atoms with E-state index >= 15 is 0 Å². The molecule has 2 amide bonds. The fourth-order valence-electron chi connectivity index (χ4n) is 6.32. The molecule has 0 aliphatic carbocycles. The molecular weight excluding hydrogens is 480 g/mol. The van der Waals surface area contributed by atoms with E-state index in [-0.39, 0.29) is 17.1 Å². The van der Waals surface area contributed by atoms with Crippen molar-refractivity contribution in [2.75, 3.05) is 18.4 Å². The minimum Gasteiger partial charge on any atom is -0.324 e. The summed E-state index contributed by atoms with van der Waals surface area (Å²) >= 11 is 6.03. The number of fused-ring (bicyclic) bond motifs is 1. The number of carbonyl (C=O) groups is 1. The van der Waals surface area contributed by atoms with Crippen LogP contribution in [-0.4, -0.2) is 45.0 Å². The SMILES string of the molecule is CC1(C)CCCC(C)(C)N1Cc1ccc2cc(NC(=O)N3CCC(c4ccc(Cl)cc4)CC3)ccc2n1. The molecule has 0 bridgehead atoms. The van der Waals surface area contributed by atoms with E-state index in [1.54, 1.807) is 0 Å². The third-order valence-electron chi connectivity index (χ3n) is 8.48. The Labute approximate surface area is 226 Å². The largest absolute Gasteiger partial charge is 0.324 e. The highest BCUT2D eigenvalue weighted by Gasteiger charge is 2.41. The van der Waals surface area contributed by atoms with Crippen molar-refractivity contribution in [2.45, 2.75) is 83.3 Å². The zero-order chi connectivity index (χ0) is 26.2. The van der Waals surface area contributed by atoms with Crippen molar-refractivity contribution in [1.82, 2.24) is 14.8 Å². The van der Waals surface area contributed by atoms with Gasteiger partial charge in [-0.1, -0.05) is 29.8 Å². The van der Waals surface area contributed by atoms with Gasteiger partial charge in [0.2, 0.25) is 0 Å². The molecule has 2 fully saturated rings. The minimum absolute atomic E-state index is 0.0342. The predicted molar refractivity (Wildman–Crippen MR) is 153 cm³/mol. The number of rotatable bonds is 4. The molecule has 196 valence electrons. The number of hydrogen-bond acceptors (Lipinski definition) is 3. The number of urea groups is 1. The summed E-state index contributed by atoms with van der Waals surface area (Å²) in [5, 5.41) is 4.90. The maximum atomic E-state index is 13.0. The summed E-state index contributed by atoms with van der Waals surface area (Å²) in [7, 11) is 0. The monoisotopic (exact) mass is 518 g/mol. The zero-order valence-electron chi connectivity index (χ0n) is 22.6. The van der Waals surface area contributed by atoms with E-state index in [9.17, 15) is 4.79 Å². The summed E-state index contributed by atoms with van der Waals surface area (Å²) in [5.74, 6) is 0.475. The van der Waals surface area contributed by atoms with Gasteiger partial charge in [-0.15, -0.1) is 0 Å². The third kappa shape index (κ3) is 5.78. The first-order valence-corrected chi connectivity index (χ1v) is 14.0. The van der Waals surface area contributed by atoms with Crippen molar-refractivity contribution < 1.29 is 4.79 Å². The van der Waals surface area contributed by atoms with Gasteiger partial charge in [-0.3, -0.25) is 9.88 Å². The summed E-state index contributed by atoms with van der Waals surface area (Å²) in [6.07, 6.45) is 5.63. The lowest BCUT2D eigenvalue weighted by atomic mass is 9.79. The summed E-state index contributed by atoms with van der Waals surface area (Å²) in [6, 6.07) is 18.3. The second-order valence-corrected chi connectivity index (χ2v) is 12.5. The number of nitrogens with one attached hydrogen (secondary N) is 1. The Bertz CT molecular complexity index is 1250. The van der Waals surface area contributed by atoms with Gasteiger partial charge in [-0.05, 0) is 108 Å². The van der Waals surface area contributed by atoms with E-state index in [1.807, 2.05) is 35.2 Å². The Kier molecular flexibility index (Phi) is 7.21. The molecule has 2 saturated heterocycles. The van der Waals surface area contributed by atoms with E-state index in [2.05, 4.69) is 62.2 Å². The molecule has 2 aliphatic rings. The number of pyridine rings is 1. The number of halogens is 1. The van der Waals surface area contributed by atoms with Crippen LogP contribution in [0.25, 0.3) is 10.9 Å². The van der Waals surface area contributed by atoms with Gasteiger partial charge in [0.1, 0.15) is 0 Å². The summed E-state index contributed by atoms with van der Waals surface area (Å²) in [6.45, 7) is 11.8. The average Bonchev–Trinajstić information content (AvgIpc) is 2.86. The topological polar surface area (TPSA) is 48.5 Å². The Balaban J connectivity index is 1.21. The van der Waals surface area contributed by atoms with Gasteiger partial charge in [0.25, 0.3) is 0 Å². The van der Waals surface area contributed by atoms with Crippen molar-refractivity contribution >= 4 is 34.2 Å². The average molecular weight is 519 g/mol. The highest BCUT2D eigenvalue weighted by atomic mass is 35.5. The molecular formula is C31H39ClN4O. The molecule has 3 heterocycles. The Morgan fingerprint density at radius 2 is 1.65 bits per heavy atom. The number of hydrogen-bond donors (Lipinski definition) is 1. The molecule has 5 rings (SSSR count). The molecule has 0 saturated carbocycles. The molecule has 0 spiro atoms. The van der Waals surface area contributed by atoms with Crippen LogP contribution >= 0.6 is 11.6 Å². The maximum Gasteiger partial charge on any atom is 0.321 e. The van der Waals surface area contributed by atoms with Crippen LogP contribution in [-0.2, 0) is 6.54 Å². The number of anilines is 1. The van der Waals surface area contributed by atoms with E-state index in [4.69, 9.17) is 16.6 Å². The van der Waals surface area contributed by atoms with Gasteiger partial charge in [0.15, 0.2) is 0 Å². The van der Waals surface area contributed by atoms with Crippen molar-refractivity contribution in [3.8, 4) is 0 Å². The van der Waals surface area contributed by atoms with Gasteiger partial charge in [0, 0.05) is 46.8 Å². The van der Waals surface area contributed by atoms with E-state index in [0.29, 0.717) is 5.92 Å². The van der Waals surface area contributed by atoms with Gasteiger partial charge >= 0.3 is 6.03 Å². The molecule has 1 aromatic heterocycles. The van der Waals surface area contributed by atoms with E-state index in [0.717, 1.165) is 59.8 Å². The quantitative estimate of drug-likeness (QED) is 0.382. The number of aromatic nitrogens is 1. The lowest BCUT2D eigenvalue weighted by Crippen LogP contribution is -2.57. The molecule has 2 aromatic carbocycles. The Morgan fingerprint density at radius 1 is 0.973 bits per heavy atom. The van der Waals surface area contributed by atoms with Crippen LogP contribution in [0.2, 0.25) is 5.02 Å². The van der Waals surface area contributed by atoms with Crippen LogP contribution < -0.4 is 5.32 Å².